The van der Waals surface area contributed by atoms with Gasteiger partial charge in [0.1, 0.15) is 5.75 Å². The third-order valence-electron chi connectivity index (χ3n) is 3.96. The molecule has 0 amide bonds. The van der Waals surface area contributed by atoms with E-state index >= 15 is 0 Å². The summed E-state index contributed by atoms with van der Waals surface area (Å²) in [6, 6.07) is 1.61. The molecule has 0 aromatic heterocycles. The van der Waals surface area contributed by atoms with Crippen LogP contribution in [0.4, 0.5) is 13.2 Å². The standard InChI is InChI=1S/C14H14ClF3O3/c1-21-11-9(13(12(19)20)4-2-3-5-13)6-8(7-10(11)15)14(16,17)18/h6-7H,2-5H2,1H3,(H,19,20). The van der Waals surface area contributed by atoms with Gasteiger partial charge in [-0.15, -0.1) is 0 Å². The van der Waals surface area contributed by atoms with Crippen LogP contribution in [0.5, 0.6) is 5.75 Å². The molecule has 21 heavy (non-hydrogen) atoms. The van der Waals surface area contributed by atoms with Gasteiger partial charge in [-0.1, -0.05) is 24.4 Å². The molecule has 2 rings (SSSR count). The van der Waals surface area contributed by atoms with E-state index in [1.165, 1.54) is 7.11 Å². The third-order valence-corrected chi connectivity index (χ3v) is 4.24. The lowest BCUT2D eigenvalue weighted by molar-refractivity contribution is -0.144. The topological polar surface area (TPSA) is 46.5 Å². The van der Waals surface area contributed by atoms with Crippen molar-refractivity contribution in [1.82, 2.24) is 0 Å². The second-order valence-corrected chi connectivity index (χ2v) is 5.54. The first-order valence-electron chi connectivity index (χ1n) is 6.41. The van der Waals surface area contributed by atoms with Gasteiger partial charge in [-0.25, -0.2) is 0 Å². The first-order chi connectivity index (χ1) is 9.72. The normalized spacial score (nSPS) is 17.8. The first kappa shape index (κ1) is 15.9. The van der Waals surface area contributed by atoms with E-state index in [-0.39, 0.29) is 29.2 Å². The Hall–Kier alpha value is -1.43. The van der Waals surface area contributed by atoms with E-state index in [4.69, 9.17) is 16.3 Å². The van der Waals surface area contributed by atoms with Crippen LogP contribution in [0, 0.1) is 0 Å². The minimum absolute atomic E-state index is 0.00830. The molecule has 0 atom stereocenters. The van der Waals surface area contributed by atoms with Crippen molar-refractivity contribution >= 4 is 17.6 Å². The predicted octanol–water partition coefficient (Wildman–Crippen LogP) is 4.26. The van der Waals surface area contributed by atoms with Crippen LogP contribution in [-0.4, -0.2) is 18.2 Å². The van der Waals surface area contributed by atoms with Crippen LogP contribution < -0.4 is 4.74 Å². The summed E-state index contributed by atoms with van der Waals surface area (Å²) in [6.07, 6.45) is -2.76. The number of methoxy groups -OCH3 is 1. The second-order valence-electron chi connectivity index (χ2n) is 5.13. The maximum atomic E-state index is 12.9. The van der Waals surface area contributed by atoms with Crippen molar-refractivity contribution in [2.75, 3.05) is 7.11 Å². The molecular formula is C14H14ClF3O3. The summed E-state index contributed by atoms with van der Waals surface area (Å²) in [4.78, 5) is 11.7. The smallest absolute Gasteiger partial charge is 0.416 e. The number of rotatable bonds is 3. The first-order valence-corrected chi connectivity index (χ1v) is 6.79. The van der Waals surface area contributed by atoms with E-state index in [1.807, 2.05) is 0 Å². The van der Waals surface area contributed by atoms with Gasteiger partial charge in [0.2, 0.25) is 0 Å². The Bertz CT molecular complexity index is 563. The van der Waals surface area contributed by atoms with Crippen molar-refractivity contribution in [3.8, 4) is 5.75 Å². The molecule has 0 aliphatic heterocycles. The zero-order chi connectivity index (χ0) is 15.8. The monoisotopic (exact) mass is 322 g/mol. The van der Waals surface area contributed by atoms with Gasteiger partial charge in [-0.05, 0) is 25.0 Å². The number of carboxylic acid groups (broad SMARTS) is 1. The molecule has 0 bridgehead atoms. The number of carbonyl (C=O) groups is 1. The zero-order valence-electron chi connectivity index (χ0n) is 11.3. The number of hydrogen-bond donors (Lipinski definition) is 1. The zero-order valence-corrected chi connectivity index (χ0v) is 12.0. The van der Waals surface area contributed by atoms with E-state index in [9.17, 15) is 23.1 Å². The quantitative estimate of drug-likeness (QED) is 0.904. The minimum Gasteiger partial charge on any atom is -0.495 e. The highest BCUT2D eigenvalue weighted by Crippen LogP contribution is 2.49. The van der Waals surface area contributed by atoms with E-state index in [1.54, 1.807) is 0 Å². The average Bonchev–Trinajstić information content (AvgIpc) is 2.87. The van der Waals surface area contributed by atoms with E-state index < -0.39 is 23.1 Å². The highest BCUT2D eigenvalue weighted by atomic mass is 35.5. The number of hydrogen-bond acceptors (Lipinski definition) is 2. The predicted molar refractivity (Wildman–Crippen MR) is 70.8 cm³/mol. The fraction of sp³-hybridized carbons (Fsp3) is 0.500. The lowest BCUT2D eigenvalue weighted by Crippen LogP contribution is -2.33. The molecule has 1 fully saturated rings. The number of alkyl halides is 3. The Morgan fingerprint density at radius 1 is 1.33 bits per heavy atom. The molecule has 1 aliphatic carbocycles. The number of benzene rings is 1. The molecular weight excluding hydrogens is 309 g/mol. The molecule has 0 spiro atoms. The molecule has 0 unspecified atom stereocenters. The van der Waals surface area contributed by atoms with Gasteiger partial charge in [-0.3, -0.25) is 4.79 Å². The third kappa shape index (κ3) is 2.69. The highest BCUT2D eigenvalue weighted by molar-refractivity contribution is 6.32. The van der Waals surface area contributed by atoms with Crippen LogP contribution in [0.2, 0.25) is 5.02 Å². The van der Waals surface area contributed by atoms with Crippen LogP contribution in [0.1, 0.15) is 36.8 Å². The summed E-state index contributed by atoms with van der Waals surface area (Å²) in [5.74, 6) is -1.14. The molecule has 0 saturated heterocycles. The van der Waals surface area contributed by atoms with E-state index in [0.29, 0.717) is 12.8 Å². The second kappa shape index (κ2) is 5.40. The number of halogens is 4. The van der Waals surface area contributed by atoms with Gasteiger partial charge in [0.15, 0.2) is 0 Å². The molecule has 1 N–H and O–H groups in total. The van der Waals surface area contributed by atoms with Gasteiger partial charge < -0.3 is 9.84 Å². The summed E-state index contributed by atoms with van der Waals surface area (Å²) >= 11 is 5.87. The lowest BCUT2D eigenvalue weighted by atomic mass is 9.77. The fourth-order valence-corrected chi connectivity index (χ4v) is 3.19. The maximum absolute atomic E-state index is 12.9. The highest BCUT2D eigenvalue weighted by Gasteiger charge is 2.46. The largest absolute Gasteiger partial charge is 0.495 e. The Kier molecular flexibility index (Phi) is 4.10. The molecule has 116 valence electrons. The molecule has 3 nitrogen and oxygen atoms in total. The van der Waals surface area contributed by atoms with Gasteiger partial charge in [-0.2, -0.15) is 13.2 Å². The van der Waals surface area contributed by atoms with Crippen LogP contribution in [-0.2, 0) is 16.4 Å². The van der Waals surface area contributed by atoms with Crippen molar-refractivity contribution in [3.63, 3.8) is 0 Å². The Morgan fingerprint density at radius 3 is 2.33 bits per heavy atom. The van der Waals surface area contributed by atoms with Crippen LogP contribution in [0.3, 0.4) is 0 Å². The van der Waals surface area contributed by atoms with Crippen molar-refractivity contribution in [2.24, 2.45) is 0 Å². The summed E-state index contributed by atoms with van der Waals surface area (Å²) in [5, 5.41) is 9.31. The lowest BCUT2D eigenvalue weighted by Gasteiger charge is -2.27. The minimum atomic E-state index is -4.59. The molecule has 7 heteroatoms. The molecule has 1 saturated carbocycles. The summed E-state index contributed by atoms with van der Waals surface area (Å²) < 4.78 is 43.9. The molecule has 0 heterocycles. The summed E-state index contributed by atoms with van der Waals surface area (Å²) in [5.41, 5.74) is -2.32. The fourth-order valence-electron chi connectivity index (χ4n) is 2.90. The van der Waals surface area contributed by atoms with Gasteiger partial charge in [0.25, 0.3) is 0 Å². The number of aliphatic carboxylic acids is 1. The molecule has 1 aliphatic rings. The molecule has 1 aromatic rings. The van der Waals surface area contributed by atoms with Gasteiger partial charge in [0.05, 0.1) is 23.1 Å². The van der Waals surface area contributed by atoms with Gasteiger partial charge >= 0.3 is 12.1 Å². The van der Waals surface area contributed by atoms with Crippen LogP contribution in [0.25, 0.3) is 0 Å². The van der Waals surface area contributed by atoms with Crippen LogP contribution in [0.15, 0.2) is 12.1 Å². The summed E-state index contributed by atoms with van der Waals surface area (Å²) in [6.45, 7) is 0. The van der Waals surface area contributed by atoms with Gasteiger partial charge in [0, 0.05) is 5.56 Å². The van der Waals surface area contributed by atoms with Crippen molar-refractivity contribution in [3.05, 3.63) is 28.3 Å². The van der Waals surface area contributed by atoms with Crippen molar-refractivity contribution < 1.29 is 27.8 Å². The SMILES string of the molecule is COc1c(Cl)cc(C(F)(F)F)cc1C1(C(=O)O)CCCC1. The van der Waals surface area contributed by atoms with Crippen LogP contribution >= 0.6 is 11.6 Å². The van der Waals surface area contributed by atoms with E-state index in [0.717, 1.165) is 12.1 Å². The van der Waals surface area contributed by atoms with E-state index in [2.05, 4.69) is 0 Å². The Morgan fingerprint density at radius 2 is 1.90 bits per heavy atom. The van der Waals surface area contributed by atoms with Crippen molar-refractivity contribution in [1.29, 1.82) is 0 Å². The summed E-state index contributed by atoms with van der Waals surface area (Å²) in [7, 11) is 1.27. The van der Waals surface area contributed by atoms with Crippen molar-refractivity contribution in [2.45, 2.75) is 37.3 Å². The number of ether oxygens (including phenoxy) is 1. The average molecular weight is 323 g/mol. The number of carboxylic acids is 1. The Labute approximate surface area is 124 Å². The molecule has 1 aromatic carbocycles. The molecule has 0 radical (unpaired) electrons. The Balaban J connectivity index is 2.71. The maximum Gasteiger partial charge on any atom is 0.416 e.